The van der Waals surface area contributed by atoms with E-state index in [0.29, 0.717) is 5.92 Å². The first-order valence-electron chi connectivity index (χ1n) is 13.3. The fraction of sp³-hybridized carbons (Fsp3) is 0.156. The van der Waals surface area contributed by atoms with Crippen LogP contribution in [0.25, 0.3) is 76.3 Å². The van der Waals surface area contributed by atoms with Crippen LogP contribution in [0.4, 0.5) is 0 Å². The van der Waals surface area contributed by atoms with Gasteiger partial charge in [0, 0.05) is 57.9 Å². The van der Waals surface area contributed by atoms with Gasteiger partial charge in [0.1, 0.15) is 17.2 Å². The normalized spacial score (nSPS) is 12.3. The van der Waals surface area contributed by atoms with Crippen LogP contribution in [0.15, 0.2) is 67.3 Å². The van der Waals surface area contributed by atoms with Crippen LogP contribution in [0.2, 0.25) is 0 Å². The van der Waals surface area contributed by atoms with Crippen LogP contribution < -0.4 is 0 Å². The molecule has 8 rings (SSSR count). The zero-order valence-electron chi connectivity index (χ0n) is 21.9. The molecule has 4 aromatic carbocycles. The molecule has 0 bridgehead atoms. The van der Waals surface area contributed by atoms with Gasteiger partial charge in [0.25, 0.3) is 0 Å². The molecule has 0 saturated carbocycles. The number of aromatic nitrogens is 7. The van der Waals surface area contributed by atoms with Crippen molar-refractivity contribution in [2.45, 2.75) is 33.1 Å². The van der Waals surface area contributed by atoms with E-state index in [-0.39, 0.29) is 0 Å². The molecular weight excluding hydrogens is 482 g/mol. The molecule has 39 heavy (non-hydrogen) atoms. The van der Waals surface area contributed by atoms with Crippen LogP contribution in [0.3, 0.4) is 0 Å². The third-order valence-electron chi connectivity index (χ3n) is 7.87. The molecule has 0 fully saturated rings. The fourth-order valence-corrected chi connectivity index (χ4v) is 5.88. The molecule has 0 saturated heterocycles. The van der Waals surface area contributed by atoms with Crippen molar-refractivity contribution in [2.24, 2.45) is 0 Å². The Morgan fingerprint density at radius 1 is 0.692 bits per heavy atom. The number of imidazole rings is 2. The third-order valence-corrected chi connectivity index (χ3v) is 7.87. The van der Waals surface area contributed by atoms with E-state index in [1.807, 2.05) is 24.8 Å². The summed E-state index contributed by atoms with van der Waals surface area (Å²) in [6.45, 7) is 6.41. The molecule has 0 amide bonds. The quantitative estimate of drug-likeness (QED) is 0.240. The van der Waals surface area contributed by atoms with Gasteiger partial charge in [0.15, 0.2) is 0 Å². The second-order valence-corrected chi connectivity index (χ2v) is 10.5. The number of aromatic amines is 2. The maximum Gasteiger partial charge on any atom is 0.129 e. The van der Waals surface area contributed by atoms with Gasteiger partial charge in [-0.15, -0.1) is 0 Å². The number of hydrogen-bond donors (Lipinski definition) is 2. The van der Waals surface area contributed by atoms with E-state index in [4.69, 9.17) is 15.0 Å². The van der Waals surface area contributed by atoms with E-state index in [2.05, 4.69) is 83.4 Å². The minimum atomic E-state index is 0.310. The molecule has 188 valence electrons. The Bertz CT molecular complexity index is 2260. The van der Waals surface area contributed by atoms with Gasteiger partial charge in [-0.3, -0.25) is 10.1 Å². The van der Waals surface area contributed by atoms with Gasteiger partial charge in [-0.05, 0) is 45.5 Å². The minimum absolute atomic E-state index is 0.310. The SMILES string of the molecule is CCc1nc2c3ccc(-c4ccc5c(c4)c4ccncc4c4nc(C(C)C)[nH]c54)cc3c3c[nH]ncc3c2n1. The molecule has 8 aromatic rings. The van der Waals surface area contributed by atoms with Gasteiger partial charge in [-0.1, -0.05) is 45.0 Å². The van der Waals surface area contributed by atoms with Crippen molar-refractivity contribution in [3.63, 3.8) is 0 Å². The Balaban J connectivity index is 1.41. The summed E-state index contributed by atoms with van der Waals surface area (Å²) in [4.78, 5) is 22.7. The summed E-state index contributed by atoms with van der Waals surface area (Å²) in [5, 5.41) is 16.2. The maximum atomic E-state index is 4.95. The van der Waals surface area contributed by atoms with E-state index < -0.39 is 0 Å². The van der Waals surface area contributed by atoms with Gasteiger partial charge in [0.05, 0.1) is 22.7 Å². The largest absolute Gasteiger partial charge is 0.341 e. The zero-order chi connectivity index (χ0) is 26.2. The first-order chi connectivity index (χ1) is 19.1. The highest BCUT2D eigenvalue weighted by Gasteiger charge is 2.17. The summed E-state index contributed by atoms with van der Waals surface area (Å²) in [7, 11) is 0. The molecule has 0 atom stereocenters. The predicted octanol–water partition coefficient (Wildman–Crippen LogP) is 7.59. The fourth-order valence-electron chi connectivity index (χ4n) is 5.88. The van der Waals surface area contributed by atoms with Crippen molar-refractivity contribution < 1.29 is 0 Å². The summed E-state index contributed by atoms with van der Waals surface area (Å²) in [5.41, 5.74) is 6.20. The monoisotopic (exact) mass is 507 g/mol. The van der Waals surface area contributed by atoms with Crippen molar-refractivity contribution in [3.05, 3.63) is 78.9 Å². The van der Waals surface area contributed by atoms with E-state index in [0.717, 1.165) is 83.6 Å². The van der Waals surface area contributed by atoms with Crippen LogP contribution in [0.5, 0.6) is 0 Å². The molecule has 4 heterocycles. The molecule has 0 radical (unpaired) electrons. The Morgan fingerprint density at radius 3 is 2.18 bits per heavy atom. The van der Waals surface area contributed by atoms with Crippen LogP contribution in [-0.2, 0) is 6.42 Å². The van der Waals surface area contributed by atoms with Crippen molar-refractivity contribution >= 4 is 65.2 Å². The lowest BCUT2D eigenvalue weighted by Gasteiger charge is -2.11. The van der Waals surface area contributed by atoms with Gasteiger partial charge >= 0.3 is 0 Å². The second-order valence-electron chi connectivity index (χ2n) is 10.5. The van der Waals surface area contributed by atoms with Crippen LogP contribution >= 0.6 is 0 Å². The van der Waals surface area contributed by atoms with Gasteiger partial charge in [-0.2, -0.15) is 5.10 Å². The number of fused-ring (bicyclic) bond motifs is 12. The first-order valence-corrected chi connectivity index (χ1v) is 13.3. The number of H-pyrrole nitrogens is 2. The van der Waals surface area contributed by atoms with Crippen molar-refractivity contribution in [1.29, 1.82) is 0 Å². The lowest BCUT2D eigenvalue weighted by Crippen LogP contribution is -1.88. The van der Waals surface area contributed by atoms with Crippen LogP contribution in [0.1, 0.15) is 38.3 Å². The first kappa shape index (κ1) is 22.1. The third kappa shape index (κ3) is 3.13. The number of pyridine rings is 1. The standard InChI is InChI=1S/C32H25N7/c1-4-27-36-28-21-8-6-18(12-23(21)24-14-34-35-15-26(24)30(28)37-27)17-5-7-20-22(11-17)19-9-10-33-13-25(19)31-29(20)38-32(39-31)16(2)3/h5-16,34H,4H2,1-3H3,(H,38,39). The lowest BCUT2D eigenvalue weighted by molar-refractivity contribution is 0.799. The van der Waals surface area contributed by atoms with Gasteiger partial charge in [0.2, 0.25) is 0 Å². The summed E-state index contributed by atoms with van der Waals surface area (Å²) < 4.78 is 0. The molecule has 0 unspecified atom stereocenters. The lowest BCUT2D eigenvalue weighted by atomic mass is 9.94. The predicted molar refractivity (Wildman–Crippen MR) is 158 cm³/mol. The van der Waals surface area contributed by atoms with Crippen LogP contribution in [0, 0.1) is 0 Å². The average Bonchev–Trinajstić information content (AvgIpc) is 3.63. The second kappa shape index (κ2) is 8.04. The van der Waals surface area contributed by atoms with E-state index in [1.54, 1.807) is 0 Å². The number of nitrogens with one attached hydrogen (secondary N) is 2. The molecule has 0 aliphatic carbocycles. The number of hydrogen-bond acceptors (Lipinski definition) is 5. The van der Waals surface area contributed by atoms with Crippen LogP contribution in [-0.4, -0.2) is 35.1 Å². The highest BCUT2D eigenvalue weighted by Crippen LogP contribution is 2.39. The summed E-state index contributed by atoms with van der Waals surface area (Å²) in [6, 6.07) is 15.4. The van der Waals surface area contributed by atoms with Crippen molar-refractivity contribution in [1.82, 2.24) is 35.1 Å². The average molecular weight is 508 g/mol. The molecule has 0 aliphatic heterocycles. The highest BCUT2D eigenvalue weighted by molar-refractivity contribution is 6.25. The maximum absolute atomic E-state index is 4.95. The zero-order valence-corrected chi connectivity index (χ0v) is 21.9. The molecule has 0 aliphatic rings. The van der Waals surface area contributed by atoms with Gasteiger partial charge in [-0.25, -0.2) is 15.0 Å². The minimum Gasteiger partial charge on any atom is -0.341 e. The van der Waals surface area contributed by atoms with E-state index >= 15 is 0 Å². The summed E-state index contributed by atoms with van der Waals surface area (Å²) in [5.74, 6) is 2.16. The molecular formula is C32H25N7. The number of benzene rings is 4. The molecule has 7 heteroatoms. The molecule has 2 N–H and O–H groups in total. The Hall–Kier alpha value is -4.91. The Labute approximate surface area is 223 Å². The number of aryl methyl sites for hydroxylation is 1. The van der Waals surface area contributed by atoms with E-state index in [1.165, 1.54) is 10.8 Å². The van der Waals surface area contributed by atoms with E-state index in [9.17, 15) is 0 Å². The Kier molecular flexibility index (Phi) is 4.56. The topological polar surface area (TPSA) is 96.0 Å². The van der Waals surface area contributed by atoms with Crippen molar-refractivity contribution in [2.75, 3.05) is 0 Å². The smallest absolute Gasteiger partial charge is 0.129 e. The highest BCUT2D eigenvalue weighted by atomic mass is 15.1. The summed E-state index contributed by atoms with van der Waals surface area (Å²) >= 11 is 0. The summed E-state index contributed by atoms with van der Waals surface area (Å²) in [6.07, 6.45) is 8.40. The Morgan fingerprint density at radius 2 is 1.41 bits per heavy atom. The van der Waals surface area contributed by atoms with Crippen molar-refractivity contribution in [3.8, 4) is 11.1 Å². The molecule has 0 spiro atoms. The number of nitrogens with zero attached hydrogens (tertiary/aromatic N) is 5. The number of rotatable bonds is 3. The van der Waals surface area contributed by atoms with Gasteiger partial charge < -0.3 is 4.98 Å². The molecule has 7 nitrogen and oxygen atoms in total. The molecule has 4 aromatic heterocycles.